The smallest absolute Gasteiger partial charge is 0.186 e. The second kappa shape index (κ2) is 8.35. The Balaban J connectivity index is 0.00000288. The normalized spacial score (nSPS) is 11.4. The van der Waals surface area contributed by atoms with E-state index in [9.17, 15) is 4.79 Å². The standard InChI is InChI=1S/C20H25O2P.Li/c1-13-11-15(20(3,4)5)12-14(2)18(13)19(21)23-17-9-7-16(22-6)8-10-17;/h7-12,23H,1-6H3;. The number of ether oxygens (including phenoxy) is 1. The van der Waals surface area contributed by atoms with Crippen molar-refractivity contribution < 1.29 is 9.53 Å². The van der Waals surface area contributed by atoms with Gasteiger partial charge in [-0.25, -0.2) is 0 Å². The van der Waals surface area contributed by atoms with Crippen LogP contribution in [0.3, 0.4) is 0 Å². The summed E-state index contributed by atoms with van der Waals surface area (Å²) in [4.78, 5) is 12.8. The third kappa shape index (κ3) is 4.97. The third-order valence-corrected chi connectivity index (χ3v) is 5.07. The van der Waals surface area contributed by atoms with E-state index < -0.39 is 0 Å². The molecule has 24 heavy (non-hydrogen) atoms. The summed E-state index contributed by atoms with van der Waals surface area (Å²) in [7, 11) is 1.78. The molecule has 0 saturated carbocycles. The van der Waals surface area contributed by atoms with E-state index in [1.807, 2.05) is 38.1 Å². The van der Waals surface area contributed by atoms with E-state index in [1.54, 1.807) is 7.11 Å². The van der Waals surface area contributed by atoms with Crippen LogP contribution in [0, 0.1) is 13.8 Å². The number of aryl methyl sites for hydroxylation is 2. The molecule has 4 heteroatoms. The van der Waals surface area contributed by atoms with Gasteiger partial charge in [-0.15, -0.1) is 0 Å². The summed E-state index contributed by atoms with van der Waals surface area (Å²) in [6.45, 7) is 10.7. The van der Waals surface area contributed by atoms with Crippen LogP contribution in [0.5, 0.6) is 5.75 Å². The summed E-state index contributed by atoms with van der Waals surface area (Å²) in [6, 6.07) is 12.0. The minimum absolute atomic E-state index is 0. The Bertz CT molecular complexity index is 692. The average molecular weight is 335 g/mol. The first-order valence-electron chi connectivity index (χ1n) is 7.79. The fourth-order valence-corrected chi connectivity index (χ4v) is 3.74. The number of rotatable bonds is 4. The molecule has 0 aliphatic heterocycles. The molecule has 123 valence electrons. The van der Waals surface area contributed by atoms with Crippen LogP contribution < -0.4 is 10.0 Å². The van der Waals surface area contributed by atoms with Crippen molar-refractivity contribution >= 4 is 38.3 Å². The Morgan fingerprint density at radius 3 is 1.92 bits per heavy atom. The molecule has 2 aromatic rings. The second-order valence-corrected chi connectivity index (χ2v) is 8.20. The predicted octanol–water partition coefficient (Wildman–Crippen LogP) is 4.37. The zero-order valence-corrected chi connectivity index (χ0v) is 16.8. The van der Waals surface area contributed by atoms with E-state index in [2.05, 4.69) is 32.9 Å². The molecule has 1 unspecified atom stereocenters. The van der Waals surface area contributed by atoms with Crippen LogP contribution in [-0.2, 0) is 5.41 Å². The van der Waals surface area contributed by atoms with Gasteiger partial charge in [0.2, 0.25) is 0 Å². The molecule has 1 radical (unpaired) electrons. The quantitative estimate of drug-likeness (QED) is 0.612. The van der Waals surface area contributed by atoms with Crippen molar-refractivity contribution in [1.82, 2.24) is 0 Å². The monoisotopic (exact) mass is 335 g/mol. The number of benzene rings is 2. The van der Waals surface area contributed by atoms with Crippen LogP contribution >= 0.6 is 8.58 Å². The van der Waals surface area contributed by atoms with E-state index in [-0.39, 0.29) is 38.4 Å². The Kier molecular flexibility index (Phi) is 7.30. The molecule has 0 spiro atoms. The van der Waals surface area contributed by atoms with Crippen LogP contribution in [-0.4, -0.2) is 31.5 Å². The fraction of sp³-hybridized carbons (Fsp3) is 0.350. The minimum atomic E-state index is 0. The van der Waals surface area contributed by atoms with Gasteiger partial charge in [-0.1, -0.05) is 45.0 Å². The average Bonchev–Trinajstić information content (AvgIpc) is 2.46. The van der Waals surface area contributed by atoms with Gasteiger partial charge in [0.15, 0.2) is 5.52 Å². The van der Waals surface area contributed by atoms with Crippen molar-refractivity contribution in [3.63, 3.8) is 0 Å². The summed E-state index contributed by atoms with van der Waals surface area (Å²) in [5, 5.41) is 1.04. The van der Waals surface area contributed by atoms with Gasteiger partial charge in [0.1, 0.15) is 5.75 Å². The van der Waals surface area contributed by atoms with Crippen molar-refractivity contribution in [1.29, 1.82) is 0 Å². The number of hydrogen-bond donors (Lipinski definition) is 0. The number of carbonyl (C=O) groups is 1. The molecule has 0 heterocycles. The zero-order valence-electron chi connectivity index (χ0n) is 15.8. The molecule has 2 rings (SSSR count). The van der Waals surface area contributed by atoms with E-state index in [1.165, 1.54) is 5.56 Å². The molecule has 0 bridgehead atoms. The molecule has 0 aliphatic carbocycles. The van der Waals surface area contributed by atoms with Crippen LogP contribution in [0.15, 0.2) is 36.4 Å². The summed E-state index contributed by atoms with van der Waals surface area (Å²) in [5.74, 6) is 0.813. The van der Waals surface area contributed by atoms with Gasteiger partial charge < -0.3 is 4.74 Å². The van der Waals surface area contributed by atoms with Crippen molar-refractivity contribution in [3.05, 3.63) is 58.7 Å². The largest absolute Gasteiger partial charge is 0.497 e. The van der Waals surface area contributed by atoms with E-state index in [0.717, 1.165) is 27.7 Å². The second-order valence-electron chi connectivity index (χ2n) is 6.92. The Hall–Kier alpha value is -1.06. The molecular formula is C20H25LiO2P. The molecule has 2 aromatic carbocycles. The maximum Gasteiger partial charge on any atom is 0.186 e. The summed E-state index contributed by atoms with van der Waals surface area (Å²) >= 11 is 0. The van der Waals surface area contributed by atoms with Gasteiger partial charge in [0.25, 0.3) is 0 Å². The SMILES string of the molecule is COc1ccc(PC(=O)c2c(C)cc(C(C)(C)C)cc2C)cc1.[Li]. The van der Waals surface area contributed by atoms with Crippen molar-refractivity contribution in [2.75, 3.05) is 7.11 Å². The van der Waals surface area contributed by atoms with Crippen LogP contribution in [0.25, 0.3) is 0 Å². The van der Waals surface area contributed by atoms with Gasteiger partial charge in [-0.2, -0.15) is 0 Å². The number of methoxy groups -OCH3 is 1. The topological polar surface area (TPSA) is 26.3 Å². The van der Waals surface area contributed by atoms with E-state index >= 15 is 0 Å². The van der Waals surface area contributed by atoms with Crippen molar-refractivity contribution in [2.24, 2.45) is 0 Å². The Morgan fingerprint density at radius 2 is 1.50 bits per heavy atom. The van der Waals surface area contributed by atoms with Gasteiger partial charge in [0.05, 0.1) is 7.11 Å². The van der Waals surface area contributed by atoms with Gasteiger partial charge in [0, 0.05) is 24.4 Å². The Labute approximate surface area is 159 Å². The molecule has 0 fully saturated rings. The maximum absolute atomic E-state index is 12.8. The van der Waals surface area contributed by atoms with E-state index in [0.29, 0.717) is 0 Å². The van der Waals surface area contributed by atoms with Crippen LogP contribution in [0.2, 0.25) is 0 Å². The van der Waals surface area contributed by atoms with Gasteiger partial charge in [-0.05, 0) is 62.0 Å². The minimum Gasteiger partial charge on any atom is -0.497 e. The summed E-state index contributed by atoms with van der Waals surface area (Å²) in [6.07, 6.45) is 0. The van der Waals surface area contributed by atoms with Crippen LogP contribution in [0.1, 0.15) is 47.8 Å². The summed E-state index contributed by atoms with van der Waals surface area (Å²) in [5.41, 5.74) is 4.58. The van der Waals surface area contributed by atoms with Crippen LogP contribution in [0.4, 0.5) is 0 Å². The third-order valence-electron chi connectivity index (χ3n) is 3.97. The molecule has 0 amide bonds. The maximum atomic E-state index is 12.8. The van der Waals surface area contributed by atoms with Crippen molar-refractivity contribution in [3.8, 4) is 5.75 Å². The molecule has 0 aromatic heterocycles. The molecule has 0 aliphatic rings. The first kappa shape index (κ1) is 21.0. The molecule has 1 atom stereocenters. The number of carbonyl (C=O) groups excluding carboxylic acids is 1. The molecule has 2 nitrogen and oxygen atoms in total. The first-order chi connectivity index (χ1) is 10.7. The predicted molar refractivity (Wildman–Crippen MR) is 106 cm³/mol. The number of hydrogen-bond acceptors (Lipinski definition) is 2. The molecular weight excluding hydrogens is 310 g/mol. The van der Waals surface area contributed by atoms with E-state index in [4.69, 9.17) is 4.74 Å². The van der Waals surface area contributed by atoms with Gasteiger partial charge in [-0.3, -0.25) is 4.79 Å². The molecule has 0 saturated heterocycles. The fourth-order valence-electron chi connectivity index (χ4n) is 2.62. The Morgan fingerprint density at radius 1 is 1.00 bits per heavy atom. The van der Waals surface area contributed by atoms with Crippen molar-refractivity contribution in [2.45, 2.75) is 40.0 Å². The molecule has 0 N–H and O–H groups in total. The zero-order chi connectivity index (χ0) is 17.2. The first-order valence-corrected chi connectivity index (χ1v) is 8.79. The van der Waals surface area contributed by atoms with Gasteiger partial charge >= 0.3 is 0 Å². The summed E-state index contributed by atoms with van der Waals surface area (Å²) < 4.78 is 5.16.